The van der Waals surface area contributed by atoms with Gasteiger partial charge in [0.15, 0.2) is 0 Å². The number of aromatic nitrogens is 4. The van der Waals surface area contributed by atoms with E-state index >= 15 is 0 Å². The molecule has 6 atom stereocenters. The van der Waals surface area contributed by atoms with Crippen molar-refractivity contribution in [2.24, 2.45) is 0 Å². The van der Waals surface area contributed by atoms with E-state index in [-0.39, 0.29) is 23.9 Å². The van der Waals surface area contributed by atoms with Crippen LogP contribution >= 0.6 is 0 Å². The fraction of sp³-hybridized carbons (Fsp3) is 0.474. The molecule has 4 N–H and O–H groups in total. The summed E-state index contributed by atoms with van der Waals surface area (Å²) in [6.45, 7) is 4.45. The topological polar surface area (TPSA) is 195 Å². The number of carbonyl (C=O) groups excluding carboxylic acids is 3. The van der Waals surface area contributed by atoms with Gasteiger partial charge in [0.25, 0.3) is 0 Å². The van der Waals surface area contributed by atoms with E-state index in [1.165, 1.54) is 28.4 Å². The van der Waals surface area contributed by atoms with Crippen molar-refractivity contribution in [3.05, 3.63) is 70.8 Å². The summed E-state index contributed by atoms with van der Waals surface area (Å²) in [6, 6.07) is 5.56. The predicted molar refractivity (Wildman–Crippen MR) is 201 cm³/mol. The predicted octanol–water partition coefficient (Wildman–Crippen LogP) is 4.57. The molecular weight excluding hydrogens is 696 g/mol. The number of amides is 4. The van der Waals surface area contributed by atoms with Crippen molar-refractivity contribution >= 4 is 48.3 Å². The summed E-state index contributed by atoms with van der Waals surface area (Å²) >= 11 is 0. The lowest BCUT2D eigenvalue weighted by Gasteiger charge is -2.34. The number of alkyl carbamates (subject to hydrolysis) is 1. The van der Waals surface area contributed by atoms with Crippen LogP contribution in [-0.2, 0) is 23.8 Å². The number of likely N-dealkylation sites (tertiary alicyclic amines) is 2. The van der Waals surface area contributed by atoms with Crippen LogP contribution in [0.5, 0.6) is 0 Å². The molecule has 3 aromatic rings. The van der Waals surface area contributed by atoms with Gasteiger partial charge in [0, 0.05) is 46.8 Å². The molecule has 1 aromatic carbocycles. The molecule has 5 rings (SSSR count). The average molecular weight is 747 g/mol. The molecule has 0 unspecified atom stereocenters. The van der Waals surface area contributed by atoms with Crippen molar-refractivity contribution in [2.75, 3.05) is 41.5 Å². The number of methoxy groups -OCH3 is 3. The number of carboxylic acid groups (broad SMARTS) is 1. The van der Waals surface area contributed by atoms with Gasteiger partial charge in [-0.05, 0) is 62.8 Å². The van der Waals surface area contributed by atoms with Crippen LogP contribution in [0.1, 0.15) is 85.8 Å². The maximum absolute atomic E-state index is 13.6. The van der Waals surface area contributed by atoms with Gasteiger partial charge in [0.05, 0.1) is 42.8 Å². The number of benzene rings is 1. The quantitative estimate of drug-likeness (QED) is 0.181. The van der Waals surface area contributed by atoms with Crippen LogP contribution in [0, 0.1) is 0 Å². The monoisotopic (exact) mass is 746 g/mol. The number of hydrogen-bond donors (Lipinski definition) is 4. The highest BCUT2D eigenvalue weighted by molar-refractivity contribution is 5.87. The Bertz CT molecular complexity index is 1820. The molecule has 0 aliphatic carbocycles. The number of aromatic amines is 2. The summed E-state index contributed by atoms with van der Waals surface area (Å²) in [4.78, 5) is 71.1. The smallest absolute Gasteiger partial charge is 0.407 e. The number of ether oxygens (including phenoxy) is 3. The molecular formula is C38H50N8O8. The van der Waals surface area contributed by atoms with Gasteiger partial charge in [-0.1, -0.05) is 36.4 Å². The highest BCUT2D eigenvalue weighted by atomic mass is 16.5. The average Bonchev–Trinajstić information content (AvgIpc) is 4.02. The van der Waals surface area contributed by atoms with Crippen LogP contribution in [0.15, 0.2) is 36.7 Å². The summed E-state index contributed by atoms with van der Waals surface area (Å²) in [5.74, 6) is 0.759. The minimum Gasteiger partial charge on any atom is -0.465 e. The molecule has 16 heteroatoms. The number of likely N-dealkylation sites (N-methyl/N-ethyl adjacent to an activating group) is 1. The molecule has 290 valence electrons. The second-order valence-corrected chi connectivity index (χ2v) is 13.5. The Hall–Kier alpha value is -5.48. The summed E-state index contributed by atoms with van der Waals surface area (Å²) in [6.07, 6.45) is 11.3. The first-order chi connectivity index (χ1) is 25.9. The Labute approximate surface area is 314 Å². The van der Waals surface area contributed by atoms with Crippen molar-refractivity contribution in [1.29, 1.82) is 0 Å². The molecule has 4 heterocycles. The summed E-state index contributed by atoms with van der Waals surface area (Å²) < 4.78 is 15.4. The molecule has 0 saturated carbocycles. The van der Waals surface area contributed by atoms with Gasteiger partial charge in [-0.25, -0.2) is 19.6 Å². The van der Waals surface area contributed by atoms with Crippen molar-refractivity contribution in [3.8, 4) is 0 Å². The van der Waals surface area contributed by atoms with Crippen LogP contribution in [-0.4, -0.2) is 130 Å². The van der Waals surface area contributed by atoms with Crippen LogP contribution < -0.4 is 5.32 Å². The van der Waals surface area contributed by atoms with E-state index in [2.05, 4.69) is 15.3 Å². The number of hydrogen-bond acceptors (Lipinski definition) is 9. The molecule has 2 aliphatic rings. The number of carbonyl (C=O) groups is 4. The highest BCUT2D eigenvalue weighted by Crippen LogP contribution is 2.33. The van der Waals surface area contributed by atoms with Gasteiger partial charge in [0.2, 0.25) is 11.8 Å². The lowest BCUT2D eigenvalue weighted by Crippen LogP contribution is -2.54. The molecule has 2 aromatic heterocycles. The number of nitrogens with one attached hydrogen (secondary N) is 3. The van der Waals surface area contributed by atoms with Crippen molar-refractivity contribution in [3.63, 3.8) is 0 Å². The molecule has 4 amide bonds. The fourth-order valence-corrected chi connectivity index (χ4v) is 6.91. The second-order valence-electron chi connectivity index (χ2n) is 13.5. The Kier molecular flexibility index (Phi) is 13.3. The minimum atomic E-state index is -1.20. The number of imidazole rings is 2. The largest absolute Gasteiger partial charge is 0.465 e. The lowest BCUT2D eigenvalue weighted by atomic mass is 10.1. The van der Waals surface area contributed by atoms with Gasteiger partial charge in [-0.2, -0.15) is 0 Å². The zero-order valence-electron chi connectivity index (χ0n) is 31.5. The standard InChI is InChI=1S/C38H50N8O8/c1-23(52-4)31(43-37(49)54-6)35(47)45-19-7-9-29(45)33-39-21-27(41-33)17-15-25-11-13-26(14-12-25)16-18-28-22-40-34(42-28)30-10-8-20-46(30)36(48)32(24(2)53-5)44(3)38(50)51/h11-18,21-24,29-32H,7-10,19-20H2,1-6H3,(H,39,41)(H,40,42)(H,43,49)(H,50,51)/t23-,24-,29+,30+,31+,32+/m1/s1. The van der Waals surface area contributed by atoms with E-state index in [1.54, 1.807) is 36.0 Å². The van der Waals surface area contributed by atoms with Crippen molar-refractivity contribution < 1.29 is 38.5 Å². The van der Waals surface area contributed by atoms with E-state index in [1.807, 2.05) is 48.6 Å². The maximum atomic E-state index is 13.6. The van der Waals surface area contributed by atoms with Gasteiger partial charge < -0.3 is 44.4 Å². The zero-order valence-corrected chi connectivity index (χ0v) is 31.5. The van der Waals surface area contributed by atoms with Crippen molar-refractivity contribution in [2.45, 2.75) is 75.9 Å². The Morgan fingerprint density at radius 2 is 1.30 bits per heavy atom. The summed E-state index contributed by atoms with van der Waals surface area (Å²) in [5, 5.41) is 12.2. The maximum Gasteiger partial charge on any atom is 0.407 e. The van der Waals surface area contributed by atoms with Gasteiger partial charge >= 0.3 is 12.2 Å². The molecule has 0 bridgehead atoms. The minimum absolute atomic E-state index is 0.256. The third-order valence-electron chi connectivity index (χ3n) is 10.1. The fourth-order valence-electron chi connectivity index (χ4n) is 6.91. The van der Waals surface area contributed by atoms with Crippen LogP contribution in [0.25, 0.3) is 24.3 Å². The normalized spacial score (nSPS) is 19.6. The molecule has 16 nitrogen and oxygen atoms in total. The van der Waals surface area contributed by atoms with E-state index in [4.69, 9.17) is 24.2 Å². The number of H-pyrrole nitrogens is 2. The van der Waals surface area contributed by atoms with Crippen LogP contribution in [0.4, 0.5) is 9.59 Å². The second kappa shape index (κ2) is 18.0. The van der Waals surface area contributed by atoms with E-state index < -0.39 is 36.5 Å². The third kappa shape index (κ3) is 9.17. The highest BCUT2D eigenvalue weighted by Gasteiger charge is 2.41. The van der Waals surface area contributed by atoms with Gasteiger partial charge in [0.1, 0.15) is 23.7 Å². The lowest BCUT2D eigenvalue weighted by molar-refractivity contribution is -0.141. The summed E-state index contributed by atoms with van der Waals surface area (Å²) in [7, 11) is 5.58. The van der Waals surface area contributed by atoms with Gasteiger partial charge in [-0.15, -0.1) is 0 Å². The Morgan fingerprint density at radius 1 is 0.815 bits per heavy atom. The van der Waals surface area contributed by atoms with Crippen molar-refractivity contribution in [1.82, 2.24) is 40.0 Å². The van der Waals surface area contributed by atoms with Crippen LogP contribution in [0.3, 0.4) is 0 Å². The van der Waals surface area contributed by atoms with E-state index in [0.29, 0.717) is 36.9 Å². The number of nitrogens with zero attached hydrogens (tertiary/aromatic N) is 5. The molecule has 2 aliphatic heterocycles. The zero-order chi connectivity index (χ0) is 38.9. The molecule has 2 saturated heterocycles. The number of rotatable bonds is 14. The van der Waals surface area contributed by atoms with E-state index in [9.17, 15) is 24.3 Å². The third-order valence-corrected chi connectivity index (χ3v) is 10.1. The van der Waals surface area contributed by atoms with E-state index in [0.717, 1.165) is 41.0 Å². The van der Waals surface area contributed by atoms with Crippen LogP contribution in [0.2, 0.25) is 0 Å². The van der Waals surface area contributed by atoms with Gasteiger partial charge in [-0.3, -0.25) is 14.5 Å². The Morgan fingerprint density at radius 3 is 1.74 bits per heavy atom. The summed E-state index contributed by atoms with van der Waals surface area (Å²) in [5.41, 5.74) is 3.37. The SMILES string of the molecule is COC(=O)N[C@H](C(=O)N1CCC[C@H]1c1nc(C=Cc2ccc(C=Cc3c[nH]c([C@@H]4CCCN4C(=O)[C@H]([C@@H](C)OC)N(C)C(=O)O)n3)cc2)c[nH]1)[C@@H](C)OC. The Balaban J connectivity index is 1.19. The molecule has 0 spiro atoms. The molecule has 2 fully saturated rings. The first-order valence-electron chi connectivity index (χ1n) is 18.0. The molecule has 0 radical (unpaired) electrons. The first-order valence-corrected chi connectivity index (χ1v) is 18.0. The molecule has 54 heavy (non-hydrogen) atoms. The first kappa shape index (κ1) is 39.7.